The zero-order valence-electron chi connectivity index (χ0n) is 12.5. The van der Waals surface area contributed by atoms with Gasteiger partial charge in [0, 0.05) is 5.69 Å². The number of aryl methyl sites for hydroxylation is 2. The summed E-state index contributed by atoms with van der Waals surface area (Å²) in [5, 5.41) is 0.0633. The van der Waals surface area contributed by atoms with Crippen molar-refractivity contribution in [2.45, 2.75) is 31.4 Å². The number of thioether (sulfide) groups is 1. The highest BCUT2D eigenvalue weighted by atomic mass is 32.2. The average molecular weight is 297 g/mol. The quantitative estimate of drug-likeness (QED) is 0.815. The maximum atomic E-state index is 12.5. The molecule has 0 aliphatic carbocycles. The van der Waals surface area contributed by atoms with Crippen LogP contribution in [0.15, 0.2) is 48.5 Å². The number of carbonyl (C=O) groups excluding carboxylic acids is 1. The summed E-state index contributed by atoms with van der Waals surface area (Å²) in [5.74, 6) is 0.189. The van der Waals surface area contributed by atoms with E-state index in [0.717, 1.165) is 5.69 Å². The first-order valence-corrected chi connectivity index (χ1v) is 8.12. The second-order valence-electron chi connectivity index (χ2n) is 5.59. The third-order valence-corrected chi connectivity index (χ3v) is 5.18. The number of hydrogen-bond acceptors (Lipinski definition) is 2. The fourth-order valence-electron chi connectivity index (χ4n) is 2.55. The van der Waals surface area contributed by atoms with Crippen molar-refractivity contribution in [3.8, 4) is 0 Å². The summed E-state index contributed by atoms with van der Waals surface area (Å²) in [7, 11) is 0. The molecule has 0 radical (unpaired) electrons. The van der Waals surface area contributed by atoms with Crippen molar-refractivity contribution in [2.24, 2.45) is 0 Å². The molecule has 1 fully saturated rings. The van der Waals surface area contributed by atoms with Gasteiger partial charge in [-0.25, -0.2) is 0 Å². The van der Waals surface area contributed by atoms with E-state index in [1.165, 1.54) is 16.7 Å². The van der Waals surface area contributed by atoms with Gasteiger partial charge in [-0.2, -0.15) is 0 Å². The van der Waals surface area contributed by atoms with Crippen LogP contribution >= 0.6 is 11.8 Å². The highest BCUT2D eigenvalue weighted by Gasteiger charge is 2.39. The molecule has 0 N–H and O–H groups in total. The van der Waals surface area contributed by atoms with Crippen molar-refractivity contribution in [3.05, 3.63) is 65.2 Å². The molecule has 0 saturated carbocycles. The molecule has 1 aliphatic heterocycles. The van der Waals surface area contributed by atoms with Crippen LogP contribution in [0.1, 0.15) is 29.0 Å². The van der Waals surface area contributed by atoms with E-state index in [1.807, 2.05) is 24.0 Å². The molecule has 1 heterocycles. The third kappa shape index (κ3) is 2.70. The highest BCUT2D eigenvalue weighted by molar-refractivity contribution is 8.01. The van der Waals surface area contributed by atoms with Gasteiger partial charge in [0.05, 0.1) is 5.25 Å². The van der Waals surface area contributed by atoms with Gasteiger partial charge >= 0.3 is 0 Å². The van der Waals surface area contributed by atoms with Gasteiger partial charge in [-0.3, -0.25) is 9.69 Å². The topological polar surface area (TPSA) is 20.3 Å². The Balaban J connectivity index is 2.00. The van der Waals surface area contributed by atoms with Crippen molar-refractivity contribution in [3.63, 3.8) is 0 Å². The van der Waals surface area contributed by atoms with Gasteiger partial charge in [-0.1, -0.05) is 47.5 Å². The first-order valence-electron chi connectivity index (χ1n) is 7.18. The summed E-state index contributed by atoms with van der Waals surface area (Å²) in [5.41, 5.74) is 4.61. The minimum atomic E-state index is -0.00222. The van der Waals surface area contributed by atoms with Crippen molar-refractivity contribution >= 4 is 23.4 Å². The van der Waals surface area contributed by atoms with Crippen molar-refractivity contribution in [2.75, 3.05) is 4.90 Å². The lowest BCUT2D eigenvalue weighted by Crippen LogP contribution is -2.30. The predicted octanol–water partition coefficient (Wildman–Crippen LogP) is 4.47. The van der Waals surface area contributed by atoms with Crippen LogP contribution in [0.4, 0.5) is 5.69 Å². The SMILES string of the molecule is Cc1ccc(C2SC(C)C(=O)N2c2ccc(C)cc2)cc1. The van der Waals surface area contributed by atoms with E-state index >= 15 is 0 Å². The Bertz CT molecular complexity index is 648. The van der Waals surface area contributed by atoms with Crippen LogP contribution in [0.5, 0.6) is 0 Å². The summed E-state index contributed by atoms with van der Waals surface area (Å²) in [6.07, 6.45) is 0. The molecule has 0 spiro atoms. The molecule has 2 aromatic rings. The molecule has 2 nitrogen and oxygen atoms in total. The number of nitrogens with zero attached hydrogens (tertiary/aromatic N) is 1. The van der Waals surface area contributed by atoms with E-state index in [0.29, 0.717) is 0 Å². The monoisotopic (exact) mass is 297 g/mol. The van der Waals surface area contributed by atoms with Gasteiger partial charge in [0.1, 0.15) is 5.37 Å². The van der Waals surface area contributed by atoms with Crippen LogP contribution in [0.2, 0.25) is 0 Å². The van der Waals surface area contributed by atoms with E-state index < -0.39 is 0 Å². The van der Waals surface area contributed by atoms with Gasteiger partial charge in [0.2, 0.25) is 5.91 Å². The molecule has 2 atom stereocenters. The Morgan fingerprint density at radius 1 is 0.905 bits per heavy atom. The van der Waals surface area contributed by atoms with E-state index in [2.05, 4.69) is 50.2 Å². The lowest BCUT2D eigenvalue weighted by molar-refractivity contribution is -0.117. The summed E-state index contributed by atoms with van der Waals surface area (Å²) < 4.78 is 0. The Labute approximate surface area is 130 Å². The summed E-state index contributed by atoms with van der Waals surface area (Å²) in [6, 6.07) is 16.7. The summed E-state index contributed by atoms with van der Waals surface area (Å²) in [6.45, 7) is 6.13. The number of hydrogen-bond donors (Lipinski definition) is 0. The maximum Gasteiger partial charge on any atom is 0.241 e. The molecule has 21 heavy (non-hydrogen) atoms. The van der Waals surface area contributed by atoms with E-state index in [4.69, 9.17) is 0 Å². The summed E-state index contributed by atoms with van der Waals surface area (Å²) in [4.78, 5) is 14.5. The third-order valence-electron chi connectivity index (χ3n) is 3.83. The fourth-order valence-corrected chi connectivity index (χ4v) is 3.83. The maximum absolute atomic E-state index is 12.5. The highest BCUT2D eigenvalue weighted by Crippen LogP contribution is 2.45. The van der Waals surface area contributed by atoms with Crippen LogP contribution in [-0.4, -0.2) is 11.2 Å². The van der Waals surface area contributed by atoms with Gasteiger partial charge < -0.3 is 0 Å². The van der Waals surface area contributed by atoms with E-state index in [9.17, 15) is 4.79 Å². The molecule has 2 aromatic carbocycles. The zero-order valence-corrected chi connectivity index (χ0v) is 13.4. The molecule has 108 valence electrons. The van der Waals surface area contributed by atoms with Crippen LogP contribution < -0.4 is 4.90 Å². The molecule has 0 aromatic heterocycles. The van der Waals surface area contributed by atoms with Crippen molar-refractivity contribution in [1.82, 2.24) is 0 Å². The van der Waals surface area contributed by atoms with Crippen LogP contribution in [0.25, 0.3) is 0 Å². The lowest BCUT2D eigenvalue weighted by atomic mass is 10.1. The Morgan fingerprint density at radius 3 is 2.00 bits per heavy atom. The van der Waals surface area contributed by atoms with Gasteiger partial charge in [0.15, 0.2) is 0 Å². The number of amides is 1. The normalized spacial score (nSPS) is 21.9. The van der Waals surface area contributed by atoms with E-state index in [1.54, 1.807) is 11.8 Å². The molecule has 2 unspecified atom stereocenters. The first kappa shape index (κ1) is 14.2. The van der Waals surface area contributed by atoms with Crippen LogP contribution in [-0.2, 0) is 4.79 Å². The molecular formula is C18H19NOS. The lowest BCUT2D eigenvalue weighted by Gasteiger charge is -2.24. The second kappa shape index (κ2) is 5.57. The van der Waals surface area contributed by atoms with Gasteiger partial charge in [-0.15, -0.1) is 11.8 Å². The first-order chi connectivity index (χ1) is 10.1. The number of anilines is 1. The average Bonchev–Trinajstić information content (AvgIpc) is 2.77. The minimum absolute atomic E-state index is 0.00222. The largest absolute Gasteiger partial charge is 0.295 e. The number of benzene rings is 2. The smallest absolute Gasteiger partial charge is 0.241 e. The van der Waals surface area contributed by atoms with Gasteiger partial charge in [-0.05, 0) is 38.5 Å². The van der Waals surface area contributed by atoms with Crippen molar-refractivity contribution in [1.29, 1.82) is 0 Å². The molecule has 1 amide bonds. The Kier molecular flexibility index (Phi) is 3.77. The molecular weight excluding hydrogens is 278 g/mol. The number of rotatable bonds is 2. The standard InChI is InChI=1S/C18H19NOS/c1-12-4-8-15(9-5-12)18-19(17(20)14(3)21-18)16-10-6-13(2)7-11-16/h4-11,14,18H,1-3H3. The van der Waals surface area contributed by atoms with Gasteiger partial charge in [0.25, 0.3) is 0 Å². The molecule has 3 heteroatoms. The molecule has 0 bridgehead atoms. The zero-order chi connectivity index (χ0) is 15.0. The van der Waals surface area contributed by atoms with Crippen LogP contribution in [0, 0.1) is 13.8 Å². The van der Waals surface area contributed by atoms with Crippen LogP contribution in [0.3, 0.4) is 0 Å². The minimum Gasteiger partial charge on any atom is -0.295 e. The molecule has 1 aliphatic rings. The fraction of sp³-hybridized carbons (Fsp3) is 0.278. The van der Waals surface area contributed by atoms with E-state index in [-0.39, 0.29) is 16.5 Å². The molecule has 3 rings (SSSR count). The number of carbonyl (C=O) groups is 1. The second-order valence-corrected chi connectivity index (χ2v) is 7.01. The Morgan fingerprint density at radius 2 is 1.43 bits per heavy atom. The van der Waals surface area contributed by atoms with Crippen molar-refractivity contribution < 1.29 is 4.79 Å². The Hall–Kier alpha value is -1.74. The summed E-state index contributed by atoms with van der Waals surface area (Å²) >= 11 is 1.72. The predicted molar refractivity (Wildman–Crippen MR) is 89.6 cm³/mol. The molecule has 1 saturated heterocycles.